The number of nitrogens with one attached hydrogen (secondary N) is 3. The van der Waals surface area contributed by atoms with E-state index in [1.54, 1.807) is 31.1 Å². The zero-order chi connectivity index (χ0) is 21.0. The molecule has 0 atom stereocenters. The van der Waals surface area contributed by atoms with Crippen LogP contribution in [0.2, 0.25) is 0 Å². The van der Waals surface area contributed by atoms with Gasteiger partial charge in [0.2, 0.25) is 5.91 Å². The Morgan fingerprint density at radius 3 is 2.52 bits per heavy atom. The molecule has 3 N–H and O–H groups in total. The quantitative estimate of drug-likeness (QED) is 0.571. The second-order valence-corrected chi connectivity index (χ2v) is 6.74. The van der Waals surface area contributed by atoms with Crippen LogP contribution in [0.4, 0.5) is 11.4 Å². The lowest BCUT2D eigenvalue weighted by Gasteiger charge is -2.17. The number of fused-ring (bicyclic) bond motifs is 1. The van der Waals surface area contributed by atoms with Crippen LogP contribution in [0, 0.1) is 0 Å². The third-order valence-electron chi connectivity index (χ3n) is 4.32. The molecule has 2 amide bonds. The van der Waals surface area contributed by atoms with Gasteiger partial charge < -0.3 is 30.0 Å². The number of benzene rings is 2. The van der Waals surface area contributed by atoms with Gasteiger partial charge in [0.25, 0.3) is 5.91 Å². The van der Waals surface area contributed by atoms with Crippen LogP contribution < -0.4 is 20.1 Å². The highest BCUT2D eigenvalue weighted by atomic mass is 16.5. The molecule has 3 rings (SSSR count). The Balaban J connectivity index is 1.93. The average Bonchev–Trinajstić information content (AvgIpc) is 3.16. The lowest BCUT2D eigenvalue weighted by atomic mass is 10.1. The summed E-state index contributed by atoms with van der Waals surface area (Å²) in [6, 6.07) is 10.7. The van der Waals surface area contributed by atoms with Crippen LogP contribution in [0.3, 0.4) is 0 Å². The molecule has 0 radical (unpaired) electrons. The summed E-state index contributed by atoms with van der Waals surface area (Å²) >= 11 is 0. The Kier molecular flexibility index (Phi) is 6.04. The van der Waals surface area contributed by atoms with E-state index in [2.05, 4.69) is 15.6 Å². The maximum atomic E-state index is 12.9. The molecule has 8 heteroatoms. The lowest BCUT2D eigenvalue weighted by molar-refractivity contribution is -0.116. The monoisotopic (exact) mass is 396 g/mol. The summed E-state index contributed by atoms with van der Waals surface area (Å²) in [5.41, 5.74) is 2.30. The van der Waals surface area contributed by atoms with Crippen molar-refractivity contribution in [1.29, 1.82) is 0 Å². The van der Waals surface area contributed by atoms with Gasteiger partial charge in [-0.2, -0.15) is 0 Å². The number of hydrogen-bond acceptors (Lipinski definition) is 5. The number of carbonyl (C=O) groups excluding carboxylic acids is 2. The number of aromatic nitrogens is 1. The predicted octanol–water partition coefficient (Wildman–Crippen LogP) is 2.94. The molecule has 0 spiro atoms. The molecule has 0 bridgehead atoms. The third kappa shape index (κ3) is 4.49. The summed E-state index contributed by atoms with van der Waals surface area (Å²) in [7, 11) is 6.54. The minimum atomic E-state index is -0.331. The molecule has 1 heterocycles. The number of carbonyl (C=O) groups is 2. The summed E-state index contributed by atoms with van der Waals surface area (Å²) in [4.78, 5) is 30.0. The zero-order valence-electron chi connectivity index (χ0n) is 16.8. The topological polar surface area (TPSA) is 95.7 Å². The van der Waals surface area contributed by atoms with E-state index in [4.69, 9.17) is 9.47 Å². The van der Waals surface area contributed by atoms with E-state index < -0.39 is 0 Å². The molecular weight excluding hydrogens is 372 g/mol. The molecule has 0 saturated carbocycles. The first-order valence-electron chi connectivity index (χ1n) is 9.01. The maximum absolute atomic E-state index is 12.9. The van der Waals surface area contributed by atoms with Crippen molar-refractivity contribution in [3.05, 3.63) is 48.2 Å². The van der Waals surface area contributed by atoms with E-state index in [1.165, 1.54) is 14.2 Å². The minimum absolute atomic E-state index is 0.192. The van der Waals surface area contributed by atoms with Crippen molar-refractivity contribution < 1.29 is 19.1 Å². The van der Waals surface area contributed by atoms with Crippen molar-refractivity contribution in [3.63, 3.8) is 0 Å². The molecular formula is C21H24N4O4. The fourth-order valence-corrected chi connectivity index (χ4v) is 3.05. The van der Waals surface area contributed by atoms with E-state index in [1.807, 2.05) is 30.5 Å². The van der Waals surface area contributed by atoms with Crippen LogP contribution in [0.15, 0.2) is 42.6 Å². The van der Waals surface area contributed by atoms with Gasteiger partial charge in [-0.15, -0.1) is 0 Å². The Labute approximate surface area is 168 Å². The molecule has 0 fully saturated rings. The van der Waals surface area contributed by atoms with Crippen LogP contribution in [-0.4, -0.2) is 56.6 Å². The molecule has 0 aliphatic rings. The predicted molar refractivity (Wildman–Crippen MR) is 113 cm³/mol. The number of ether oxygens (including phenoxy) is 2. The molecule has 2 aromatic carbocycles. The van der Waals surface area contributed by atoms with Crippen LogP contribution >= 0.6 is 0 Å². The first-order valence-corrected chi connectivity index (χ1v) is 9.01. The summed E-state index contributed by atoms with van der Waals surface area (Å²) in [5, 5.41) is 6.60. The molecule has 8 nitrogen and oxygen atoms in total. The molecule has 0 aliphatic heterocycles. The minimum Gasteiger partial charge on any atom is -0.493 e. The fraction of sp³-hybridized carbons (Fsp3) is 0.238. The lowest BCUT2D eigenvalue weighted by Crippen LogP contribution is -2.27. The number of hydrogen-bond donors (Lipinski definition) is 3. The summed E-state index contributed by atoms with van der Waals surface area (Å²) < 4.78 is 10.8. The first kappa shape index (κ1) is 20.2. The Morgan fingerprint density at radius 1 is 1.03 bits per heavy atom. The van der Waals surface area contributed by atoms with Crippen molar-refractivity contribution in [3.8, 4) is 11.5 Å². The van der Waals surface area contributed by atoms with Crippen LogP contribution in [-0.2, 0) is 4.79 Å². The van der Waals surface area contributed by atoms with Gasteiger partial charge in [0.15, 0.2) is 11.5 Å². The number of anilines is 2. The van der Waals surface area contributed by atoms with Crippen molar-refractivity contribution >= 4 is 34.1 Å². The van der Waals surface area contributed by atoms with Crippen molar-refractivity contribution in [1.82, 2.24) is 9.88 Å². The Bertz CT molecular complexity index is 1040. The number of amides is 2. The molecule has 0 unspecified atom stereocenters. The second kappa shape index (κ2) is 8.66. The molecule has 29 heavy (non-hydrogen) atoms. The van der Waals surface area contributed by atoms with Gasteiger partial charge in [0.05, 0.1) is 32.1 Å². The highest BCUT2D eigenvalue weighted by Gasteiger charge is 2.19. The number of nitrogens with zero attached hydrogens (tertiary/aromatic N) is 1. The molecule has 0 saturated heterocycles. The highest BCUT2D eigenvalue weighted by Crippen LogP contribution is 2.37. The smallest absolute Gasteiger partial charge is 0.255 e. The fourth-order valence-electron chi connectivity index (χ4n) is 3.05. The van der Waals surface area contributed by atoms with E-state index >= 15 is 0 Å². The summed E-state index contributed by atoms with van der Waals surface area (Å²) in [6.07, 6.45) is 1.81. The van der Waals surface area contributed by atoms with Crippen LogP contribution in [0.5, 0.6) is 11.5 Å². The normalized spacial score (nSPS) is 10.8. The average molecular weight is 396 g/mol. The van der Waals surface area contributed by atoms with Gasteiger partial charge in [-0.3, -0.25) is 9.59 Å². The van der Waals surface area contributed by atoms with E-state index in [0.717, 1.165) is 10.9 Å². The van der Waals surface area contributed by atoms with E-state index in [9.17, 15) is 9.59 Å². The Morgan fingerprint density at radius 2 is 1.83 bits per heavy atom. The van der Waals surface area contributed by atoms with E-state index in [-0.39, 0.29) is 18.4 Å². The molecule has 1 aromatic heterocycles. The van der Waals surface area contributed by atoms with Crippen LogP contribution in [0.25, 0.3) is 10.9 Å². The zero-order valence-corrected chi connectivity index (χ0v) is 16.8. The van der Waals surface area contributed by atoms with Gasteiger partial charge >= 0.3 is 0 Å². The number of likely N-dealkylation sites (N-methyl/N-ethyl adjacent to an activating group) is 1. The number of aromatic amines is 1. The Hall–Kier alpha value is -3.52. The molecule has 0 aliphatic carbocycles. The van der Waals surface area contributed by atoms with Crippen molar-refractivity contribution in [2.75, 3.05) is 45.5 Å². The van der Waals surface area contributed by atoms with Crippen LogP contribution in [0.1, 0.15) is 10.4 Å². The van der Waals surface area contributed by atoms with Gasteiger partial charge in [0.1, 0.15) is 0 Å². The summed E-state index contributed by atoms with van der Waals surface area (Å²) in [6.45, 7) is 0.192. The highest BCUT2D eigenvalue weighted by molar-refractivity contribution is 6.10. The number of methoxy groups -OCH3 is 2. The van der Waals surface area contributed by atoms with E-state index in [0.29, 0.717) is 28.4 Å². The van der Waals surface area contributed by atoms with Gasteiger partial charge in [-0.1, -0.05) is 6.07 Å². The number of rotatable bonds is 7. The second-order valence-electron chi connectivity index (χ2n) is 6.74. The standard InChI is InChI=1S/C21H24N4O4/c1-25(2)12-19(26)23-17-10-13(11-18(28-3)20(17)29-4)21(27)24-16-7-5-6-15-14(16)8-9-22-15/h5-11,22H,12H2,1-4H3,(H,23,26)(H,24,27). The third-order valence-corrected chi connectivity index (χ3v) is 4.32. The van der Waals surface area contributed by atoms with Gasteiger partial charge in [0, 0.05) is 22.7 Å². The van der Waals surface area contributed by atoms with Crippen molar-refractivity contribution in [2.45, 2.75) is 0 Å². The molecule has 3 aromatic rings. The molecule has 152 valence electrons. The number of H-pyrrole nitrogens is 1. The first-order chi connectivity index (χ1) is 13.9. The largest absolute Gasteiger partial charge is 0.493 e. The van der Waals surface area contributed by atoms with Gasteiger partial charge in [-0.25, -0.2) is 0 Å². The van der Waals surface area contributed by atoms with Crippen molar-refractivity contribution in [2.24, 2.45) is 0 Å². The SMILES string of the molecule is COc1cc(C(=O)Nc2cccc3[nH]ccc23)cc(NC(=O)CN(C)C)c1OC. The summed E-state index contributed by atoms with van der Waals surface area (Å²) in [5.74, 6) is 0.136. The maximum Gasteiger partial charge on any atom is 0.255 e. The van der Waals surface area contributed by atoms with Gasteiger partial charge in [-0.05, 0) is 44.4 Å².